The number of ether oxygens (including phenoxy) is 1. The van der Waals surface area contributed by atoms with Gasteiger partial charge in [0.1, 0.15) is 5.75 Å². The molecule has 1 atom stereocenters. The third kappa shape index (κ3) is 3.53. The summed E-state index contributed by atoms with van der Waals surface area (Å²) in [5, 5.41) is 2.80. The summed E-state index contributed by atoms with van der Waals surface area (Å²) in [4.78, 5) is 15.5. The van der Waals surface area contributed by atoms with Gasteiger partial charge in [0.2, 0.25) is 0 Å². The Bertz CT molecular complexity index is 829. The number of nitrogens with one attached hydrogen (secondary N) is 2. The van der Waals surface area contributed by atoms with Crippen LogP contribution in [0.15, 0.2) is 35.4 Å². The van der Waals surface area contributed by atoms with Gasteiger partial charge in [-0.2, -0.15) is 0 Å². The summed E-state index contributed by atoms with van der Waals surface area (Å²) in [6, 6.07) is 6.02. The Labute approximate surface area is 141 Å². The molecule has 0 aliphatic rings. The van der Waals surface area contributed by atoms with Crippen molar-refractivity contribution >= 4 is 21.4 Å². The van der Waals surface area contributed by atoms with Crippen molar-refractivity contribution in [3.05, 3.63) is 41.7 Å². The number of amides is 1. The average molecular weight is 351 g/mol. The smallest absolute Gasteiger partial charge is 0.255 e. The lowest BCUT2D eigenvalue weighted by Crippen LogP contribution is -2.27. The van der Waals surface area contributed by atoms with Crippen LogP contribution in [-0.4, -0.2) is 32.2 Å². The van der Waals surface area contributed by atoms with Gasteiger partial charge in [0, 0.05) is 18.0 Å². The summed E-state index contributed by atoms with van der Waals surface area (Å²) < 4.78 is 29.5. The van der Waals surface area contributed by atoms with Crippen LogP contribution in [0.25, 0.3) is 0 Å². The number of carbonyl (C=O) groups is 1. The summed E-state index contributed by atoms with van der Waals surface area (Å²) in [5.41, 5.74) is 6.82. The lowest BCUT2D eigenvalue weighted by molar-refractivity contribution is 0.0936. The normalized spacial score (nSPS) is 12.6. The van der Waals surface area contributed by atoms with Crippen molar-refractivity contribution in [2.75, 3.05) is 18.6 Å². The first-order chi connectivity index (χ1) is 11.3. The van der Waals surface area contributed by atoms with Crippen LogP contribution in [0, 0.1) is 0 Å². The van der Waals surface area contributed by atoms with Gasteiger partial charge in [0.05, 0.1) is 35.1 Å². The fourth-order valence-corrected chi connectivity index (χ4v) is 3.34. The summed E-state index contributed by atoms with van der Waals surface area (Å²) in [6.07, 6.45) is 1.76. The summed E-state index contributed by atoms with van der Waals surface area (Å²) in [5.74, 6) is -0.330. The minimum absolute atomic E-state index is 0.0580. The first kappa shape index (κ1) is 17.9. The fraction of sp³-hybridized carbons (Fsp3) is 0.312. The highest BCUT2D eigenvalue weighted by atomic mass is 32.2. The van der Waals surface area contributed by atoms with E-state index < -0.39 is 15.7 Å². The number of aromatic nitrogens is 1. The van der Waals surface area contributed by atoms with Crippen molar-refractivity contribution in [2.45, 2.75) is 24.8 Å². The summed E-state index contributed by atoms with van der Waals surface area (Å²) >= 11 is 0. The van der Waals surface area contributed by atoms with E-state index >= 15 is 0 Å². The fourth-order valence-electron chi connectivity index (χ4n) is 2.31. The van der Waals surface area contributed by atoms with Crippen LogP contribution >= 0.6 is 0 Å². The molecule has 0 bridgehead atoms. The van der Waals surface area contributed by atoms with Crippen molar-refractivity contribution in [3.63, 3.8) is 0 Å². The Kier molecular flexibility index (Phi) is 5.18. The zero-order chi connectivity index (χ0) is 17.9. The highest BCUT2D eigenvalue weighted by Gasteiger charge is 2.23. The molecule has 0 spiro atoms. The second kappa shape index (κ2) is 6.96. The summed E-state index contributed by atoms with van der Waals surface area (Å²) in [7, 11) is -2.15. The molecule has 0 aliphatic heterocycles. The van der Waals surface area contributed by atoms with E-state index in [1.807, 2.05) is 19.1 Å². The monoisotopic (exact) mass is 351 g/mol. The van der Waals surface area contributed by atoms with Crippen LogP contribution < -0.4 is 15.8 Å². The van der Waals surface area contributed by atoms with Gasteiger partial charge >= 0.3 is 0 Å². The van der Waals surface area contributed by atoms with Gasteiger partial charge in [-0.25, -0.2) is 8.42 Å². The number of H-pyrrole nitrogens is 1. The van der Waals surface area contributed by atoms with E-state index in [4.69, 9.17) is 10.5 Å². The molecule has 0 saturated carbocycles. The maximum atomic E-state index is 12.6. The van der Waals surface area contributed by atoms with Crippen molar-refractivity contribution < 1.29 is 17.9 Å². The molecule has 0 radical (unpaired) electrons. The van der Waals surface area contributed by atoms with Crippen LogP contribution in [0.2, 0.25) is 0 Å². The Hall–Kier alpha value is -2.48. The molecular formula is C16H21N3O4S. The number of sulfone groups is 1. The van der Waals surface area contributed by atoms with Crippen LogP contribution in [0.3, 0.4) is 0 Å². The molecule has 4 N–H and O–H groups in total. The third-order valence-corrected chi connectivity index (χ3v) is 5.51. The molecule has 2 aromatic rings. The second-order valence-electron chi connectivity index (χ2n) is 5.31. The Morgan fingerprint density at radius 3 is 2.67 bits per heavy atom. The number of rotatable bonds is 6. The van der Waals surface area contributed by atoms with Gasteiger partial charge in [-0.15, -0.1) is 0 Å². The second-order valence-corrected chi connectivity index (χ2v) is 7.56. The van der Waals surface area contributed by atoms with E-state index in [-0.39, 0.29) is 33.7 Å². The van der Waals surface area contributed by atoms with Crippen molar-refractivity contribution in [1.82, 2.24) is 10.3 Å². The first-order valence-corrected chi connectivity index (χ1v) is 9.09. The van der Waals surface area contributed by atoms with E-state index in [1.165, 1.54) is 26.2 Å². The minimum Gasteiger partial charge on any atom is -0.496 e. The number of benzene rings is 1. The van der Waals surface area contributed by atoms with Gasteiger partial charge in [-0.3, -0.25) is 4.79 Å². The van der Waals surface area contributed by atoms with E-state index in [1.54, 1.807) is 6.20 Å². The Balaban J connectivity index is 2.41. The predicted molar refractivity (Wildman–Crippen MR) is 91.8 cm³/mol. The molecule has 0 fully saturated rings. The van der Waals surface area contributed by atoms with Gasteiger partial charge in [-0.1, -0.05) is 6.92 Å². The summed E-state index contributed by atoms with van der Waals surface area (Å²) in [6.45, 7) is 3.34. The molecule has 7 nitrogen and oxygen atoms in total. The molecule has 1 amide bonds. The molecule has 1 aromatic carbocycles. The highest BCUT2D eigenvalue weighted by Crippen LogP contribution is 2.29. The first-order valence-electron chi connectivity index (χ1n) is 7.44. The molecule has 2 rings (SSSR count). The molecule has 8 heteroatoms. The van der Waals surface area contributed by atoms with Gasteiger partial charge < -0.3 is 20.8 Å². The maximum absolute atomic E-state index is 12.6. The highest BCUT2D eigenvalue weighted by molar-refractivity contribution is 7.91. The quantitative estimate of drug-likeness (QED) is 0.688. The molecule has 24 heavy (non-hydrogen) atoms. The standard InChI is InChI=1S/C16H21N3O4S/c1-4-24(21,22)15-8-11(14(23-3)9-12(15)17)16(20)19-10(2)13-6-5-7-18-13/h5-10,18H,4,17H2,1-3H3,(H,19,20). The van der Waals surface area contributed by atoms with E-state index in [0.717, 1.165) is 5.69 Å². The molecule has 1 aromatic heterocycles. The zero-order valence-corrected chi connectivity index (χ0v) is 14.6. The molecule has 0 aliphatic carbocycles. The Morgan fingerprint density at radius 1 is 1.42 bits per heavy atom. The predicted octanol–water partition coefficient (Wildman–Crippen LogP) is 1.89. The van der Waals surface area contributed by atoms with Crippen molar-refractivity contribution in [2.24, 2.45) is 0 Å². The van der Waals surface area contributed by atoms with Gasteiger partial charge in [-0.05, 0) is 25.1 Å². The van der Waals surface area contributed by atoms with Crippen LogP contribution in [0.5, 0.6) is 5.75 Å². The van der Waals surface area contributed by atoms with Crippen molar-refractivity contribution in [1.29, 1.82) is 0 Å². The minimum atomic E-state index is -3.55. The molecule has 0 saturated heterocycles. The molecule has 130 valence electrons. The van der Waals surface area contributed by atoms with Gasteiger partial charge in [0.15, 0.2) is 9.84 Å². The molecule has 1 heterocycles. The van der Waals surface area contributed by atoms with E-state index in [0.29, 0.717) is 0 Å². The Morgan fingerprint density at radius 2 is 2.12 bits per heavy atom. The third-order valence-electron chi connectivity index (χ3n) is 3.73. The van der Waals surface area contributed by atoms with E-state index in [2.05, 4.69) is 10.3 Å². The number of aromatic amines is 1. The maximum Gasteiger partial charge on any atom is 0.255 e. The largest absolute Gasteiger partial charge is 0.496 e. The van der Waals surface area contributed by atoms with E-state index in [9.17, 15) is 13.2 Å². The average Bonchev–Trinajstić information content (AvgIpc) is 3.08. The zero-order valence-electron chi connectivity index (χ0n) is 13.8. The van der Waals surface area contributed by atoms with Crippen LogP contribution in [0.1, 0.15) is 35.9 Å². The SMILES string of the molecule is CCS(=O)(=O)c1cc(C(=O)NC(C)c2ccc[nH]2)c(OC)cc1N. The van der Waals surface area contributed by atoms with Crippen molar-refractivity contribution in [3.8, 4) is 5.75 Å². The number of nitrogen functional groups attached to an aromatic ring is 1. The van der Waals surface area contributed by atoms with Crippen LogP contribution in [0.4, 0.5) is 5.69 Å². The number of methoxy groups -OCH3 is 1. The number of carbonyl (C=O) groups excluding carboxylic acids is 1. The number of anilines is 1. The van der Waals surface area contributed by atoms with Crippen LogP contribution in [-0.2, 0) is 9.84 Å². The number of nitrogens with two attached hydrogens (primary N) is 1. The molecular weight excluding hydrogens is 330 g/mol. The molecule has 1 unspecified atom stereocenters. The van der Waals surface area contributed by atoms with Gasteiger partial charge in [0.25, 0.3) is 5.91 Å². The lowest BCUT2D eigenvalue weighted by Gasteiger charge is -2.16. The number of hydrogen-bond donors (Lipinski definition) is 3. The topological polar surface area (TPSA) is 114 Å². The number of hydrogen-bond acceptors (Lipinski definition) is 5. The lowest BCUT2D eigenvalue weighted by atomic mass is 10.1.